The number of carbonyl (C=O) groups excluding carboxylic acids is 2. The molecule has 2 heterocycles. The highest BCUT2D eigenvalue weighted by Gasteiger charge is 2.28. The Morgan fingerprint density at radius 3 is 2.50 bits per heavy atom. The molecule has 0 bridgehead atoms. The molecular formula is C24H28N4O4. The van der Waals surface area contributed by atoms with E-state index in [-0.39, 0.29) is 29.6 Å². The van der Waals surface area contributed by atoms with Crippen LogP contribution in [0.25, 0.3) is 11.0 Å². The molecule has 4 rings (SSSR count). The molecule has 8 heteroatoms. The van der Waals surface area contributed by atoms with E-state index >= 15 is 0 Å². The second-order valence-electron chi connectivity index (χ2n) is 8.17. The van der Waals surface area contributed by atoms with Gasteiger partial charge in [-0.3, -0.25) is 14.3 Å². The Morgan fingerprint density at radius 2 is 1.81 bits per heavy atom. The van der Waals surface area contributed by atoms with E-state index in [2.05, 4.69) is 15.2 Å². The van der Waals surface area contributed by atoms with Crippen molar-refractivity contribution in [3.05, 3.63) is 70.1 Å². The number of esters is 1. The summed E-state index contributed by atoms with van der Waals surface area (Å²) in [7, 11) is 1.35. The van der Waals surface area contributed by atoms with E-state index in [1.807, 2.05) is 47.9 Å². The minimum Gasteiger partial charge on any atom is -0.465 e. The first-order chi connectivity index (χ1) is 15.5. The Labute approximate surface area is 186 Å². The second kappa shape index (κ2) is 9.40. The van der Waals surface area contributed by atoms with Crippen LogP contribution in [-0.4, -0.2) is 52.6 Å². The van der Waals surface area contributed by atoms with E-state index in [4.69, 9.17) is 4.74 Å². The monoisotopic (exact) mass is 436 g/mol. The number of H-pyrrole nitrogens is 1. The van der Waals surface area contributed by atoms with Crippen LogP contribution in [-0.2, 0) is 16.1 Å². The first-order valence-electron chi connectivity index (χ1n) is 10.9. The SMILES string of the molecule is COC(=O)c1ccc(CNC(=O)C(C)N2CCC(n3c(=O)[nH]c4ccccc43)CC2)cc1. The molecule has 0 saturated carbocycles. The average Bonchev–Trinajstić information content (AvgIpc) is 3.17. The third-order valence-electron chi connectivity index (χ3n) is 6.26. The van der Waals surface area contributed by atoms with Crippen molar-refractivity contribution in [2.45, 2.75) is 38.4 Å². The lowest BCUT2D eigenvalue weighted by Crippen LogP contribution is -2.48. The van der Waals surface area contributed by atoms with E-state index in [0.29, 0.717) is 12.1 Å². The predicted octanol–water partition coefficient (Wildman–Crippen LogP) is 2.46. The Hall–Kier alpha value is -3.39. The van der Waals surface area contributed by atoms with Gasteiger partial charge in [-0.15, -0.1) is 0 Å². The van der Waals surface area contributed by atoms with Crippen LogP contribution < -0.4 is 11.0 Å². The largest absolute Gasteiger partial charge is 0.465 e. The van der Waals surface area contributed by atoms with Gasteiger partial charge < -0.3 is 15.0 Å². The van der Waals surface area contributed by atoms with Crippen LogP contribution in [0.2, 0.25) is 0 Å². The van der Waals surface area contributed by atoms with Gasteiger partial charge in [0.15, 0.2) is 0 Å². The number of hydrogen-bond acceptors (Lipinski definition) is 5. The molecule has 0 radical (unpaired) electrons. The van der Waals surface area contributed by atoms with Crippen LogP contribution in [0.1, 0.15) is 41.7 Å². The zero-order valence-electron chi connectivity index (χ0n) is 18.3. The van der Waals surface area contributed by atoms with Crippen LogP contribution in [0.15, 0.2) is 53.3 Å². The predicted molar refractivity (Wildman–Crippen MR) is 121 cm³/mol. The first kappa shape index (κ1) is 21.8. The van der Waals surface area contributed by atoms with Gasteiger partial charge in [0.25, 0.3) is 0 Å². The number of benzene rings is 2. The third kappa shape index (κ3) is 4.45. The lowest BCUT2D eigenvalue weighted by molar-refractivity contribution is -0.126. The first-order valence-corrected chi connectivity index (χ1v) is 10.9. The molecule has 1 aromatic heterocycles. The number of ether oxygens (including phenoxy) is 1. The molecule has 1 fully saturated rings. The van der Waals surface area contributed by atoms with Crippen LogP contribution in [0.4, 0.5) is 0 Å². The third-order valence-corrected chi connectivity index (χ3v) is 6.26. The van der Waals surface area contributed by atoms with E-state index in [1.54, 1.807) is 12.1 Å². The number of piperidine rings is 1. The molecule has 8 nitrogen and oxygen atoms in total. The number of carbonyl (C=O) groups is 2. The summed E-state index contributed by atoms with van der Waals surface area (Å²) in [5, 5.41) is 2.97. The zero-order chi connectivity index (χ0) is 22.7. The minimum atomic E-state index is -0.382. The lowest BCUT2D eigenvalue weighted by Gasteiger charge is -2.35. The molecule has 2 N–H and O–H groups in total. The van der Waals surface area contributed by atoms with Crippen molar-refractivity contribution in [3.8, 4) is 0 Å². The van der Waals surface area contributed by atoms with E-state index in [0.717, 1.165) is 42.5 Å². The van der Waals surface area contributed by atoms with Crippen molar-refractivity contribution in [1.82, 2.24) is 19.8 Å². The smallest absolute Gasteiger partial charge is 0.337 e. The van der Waals surface area contributed by atoms with Gasteiger partial charge >= 0.3 is 11.7 Å². The maximum absolute atomic E-state index is 12.7. The summed E-state index contributed by atoms with van der Waals surface area (Å²) in [6, 6.07) is 14.6. The summed E-state index contributed by atoms with van der Waals surface area (Å²) in [5.74, 6) is -0.419. The van der Waals surface area contributed by atoms with Gasteiger partial charge in [0, 0.05) is 25.7 Å². The maximum Gasteiger partial charge on any atom is 0.337 e. The van der Waals surface area contributed by atoms with Gasteiger partial charge in [-0.1, -0.05) is 24.3 Å². The van der Waals surface area contributed by atoms with Gasteiger partial charge in [-0.25, -0.2) is 9.59 Å². The van der Waals surface area contributed by atoms with Gasteiger partial charge in [-0.05, 0) is 49.6 Å². The van der Waals surface area contributed by atoms with Crippen LogP contribution in [0.3, 0.4) is 0 Å². The molecule has 3 aromatic rings. The number of methoxy groups -OCH3 is 1. The number of para-hydroxylation sites is 2. The summed E-state index contributed by atoms with van der Waals surface area (Å²) < 4.78 is 6.55. The number of nitrogens with zero attached hydrogens (tertiary/aromatic N) is 2. The molecule has 1 aliphatic heterocycles. The van der Waals surface area contributed by atoms with Crippen molar-refractivity contribution < 1.29 is 14.3 Å². The Morgan fingerprint density at radius 1 is 1.12 bits per heavy atom. The quantitative estimate of drug-likeness (QED) is 0.579. The fourth-order valence-electron chi connectivity index (χ4n) is 4.35. The minimum absolute atomic E-state index is 0.0373. The normalized spacial score (nSPS) is 16.1. The summed E-state index contributed by atoms with van der Waals surface area (Å²) in [6.07, 6.45) is 1.63. The van der Waals surface area contributed by atoms with Crippen LogP contribution in [0.5, 0.6) is 0 Å². The number of amides is 1. The van der Waals surface area contributed by atoms with E-state index in [9.17, 15) is 14.4 Å². The van der Waals surface area contributed by atoms with Crippen LogP contribution >= 0.6 is 0 Å². The number of aromatic nitrogens is 2. The highest BCUT2D eigenvalue weighted by Crippen LogP contribution is 2.25. The number of rotatable bonds is 6. The number of nitrogens with one attached hydrogen (secondary N) is 2. The fourth-order valence-corrected chi connectivity index (χ4v) is 4.35. The number of likely N-dealkylation sites (tertiary alicyclic amines) is 1. The molecule has 168 valence electrons. The maximum atomic E-state index is 12.7. The lowest BCUT2D eigenvalue weighted by atomic mass is 10.0. The molecule has 0 aliphatic carbocycles. The molecule has 1 saturated heterocycles. The van der Waals surface area contributed by atoms with Gasteiger partial charge in [0.2, 0.25) is 5.91 Å². The molecule has 1 atom stereocenters. The highest BCUT2D eigenvalue weighted by atomic mass is 16.5. The Balaban J connectivity index is 1.31. The molecule has 32 heavy (non-hydrogen) atoms. The summed E-state index contributed by atoms with van der Waals surface area (Å²) in [6.45, 7) is 3.80. The van der Waals surface area contributed by atoms with Crippen molar-refractivity contribution >= 4 is 22.9 Å². The van der Waals surface area contributed by atoms with Gasteiger partial charge in [0.1, 0.15) is 0 Å². The molecule has 2 aromatic carbocycles. The van der Waals surface area contributed by atoms with Crippen molar-refractivity contribution in [3.63, 3.8) is 0 Å². The molecule has 0 spiro atoms. The van der Waals surface area contributed by atoms with Crippen LogP contribution in [0, 0.1) is 0 Å². The molecule has 1 unspecified atom stereocenters. The second-order valence-corrected chi connectivity index (χ2v) is 8.17. The average molecular weight is 437 g/mol. The Kier molecular flexibility index (Phi) is 6.41. The van der Waals surface area contributed by atoms with E-state index < -0.39 is 0 Å². The standard InChI is InChI=1S/C24H28N4O4/c1-16(22(29)25-15-17-7-9-18(10-8-17)23(30)32-2)27-13-11-19(12-14-27)28-21-6-4-3-5-20(21)26-24(28)31/h3-10,16,19H,11-15H2,1-2H3,(H,25,29)(H,26,31). The number of aromatic amines is 1. The summed E-state index contributed by atoms with van der Waals surface area (Å²) >= 11 is 0. The summed E-state index contributed by atoms with van der Waals surface area (Å²) in [5.41, 5.74) is 3.10. The summed E-state index contributed by atoms with van der Waals surface area (Å²) in [4.78, 5) is 41.8. The van der Waals surface area contributed by atoms with Crippen molar-refractivity contribution in [2.24, 2.45) is 0 Å². The Bertz CT molecular complexity index is 1160. The number of hydrogen-bond donors (Lipinski definition) is 2. The van der Waals surface area contributed by atoms with Gasteiger partial charge in [0.05, 0.1) is 29.7 Å². The van der Waals surface area contributed by atoms with Crippen molar-refractivity contribution in [2.75, 3.05) is 20.2 Å². The van der Waals surface area contributed by atoms with Crippen molar-refractivity contribution in [1.29, 1.82) is 0 Å². The molecular weight excluding hydrogens is 408 g/mol. The number of imidazole rings is 1. The number of fused-ring (bicyclic) bond motifs is 1. The van der Waals surface area contributed by atoms with Gasteiger partial charge in [-0.2, -0.15) is 0 Å². The molecule has 1 aliphatic rings. The van der Waals surface area contributed by atoms with E-state index in [1.165, 1.54) is 7.11 Å². The zero-order valence-corrected chi connectivity index (χ0v) is 18.3. The fraction of sp³-hybridized carbons (Fsp3) is 0.375. The topological polar surface area (TPSA) is 96.4 Å². The molecule has 1 amide bonds. The highest BCUT2D eigenvalue weighted by molar-refractivity contribution is 5.89.